The van der Waals surface area contributed by atoms with Crippen LogP contribution < -0.4 is 16.1 Å². The molecule has 2 aromatic heterocycles. The number of aromatic nitrogens is 4. The standard InChI is InChI=1S/C14H16N6O3/c21-12-1-4-20(14(23)17-12)10-13(22)19-7-5-18(6-8-19)11-9-15-2-3-16-11/h1-4,9H,5-8,10H2,(H,17,21,23). The smallest absolute Gasteiger partial charge is 0.328 e. The van der Waals surface area contributed by atoms with E-state index >= 15 is 0 Å². The molecule has 3 heterocycles. The Balaban J connectivity index is 1.60. The first-order valence-electron chi connectivity index (χ1n) is 7.22. The van der Waals surface area contributed by atoms with E-state index in [9.17, 15) is 14.4 Å². The summed E-state index contributed by atoms with van der Waals surface area (Å²) in [5.41, 5.74) is -1.06. The summed E-state index contributed by atoms with van der Waals surface area (Å²) in [5, 5.41) is 0. The lowest BCUT2D eigenvalue weighted by molar-refractivity contribution is -0.132. The van der Waals surface area contributed by atoms with Gasteiger partial charge in [-0.25, -0.2) is 9.78 Å². The fraction of sp³-hybridized carbons (Fsp3) is 0.357. The second kappa shape index (κ2) is 6.42. The molecule has 1 amide bonds. The Kier molecular flexibility index (Phi) is 4.18. The fourth-order valence-electron chi connectivity index (χ4n) is 2.45. The topological polar surface area (TPSA) is 104 Å². The van der Waals surface area contributed by atoms with Gasteiger partial charge in [0.2, 0.25) is 5.91 Å². The van der Waals surface area contributed by atoms with Crippen molar-refractivity contribution >= 4 is 11.7 Å². The van der Waals surface area contributed by atoms with Crippen LogP contribution in [0.4, 0.5) is 5.82 Å². The lowest BCUT2D eigenvalue weighted by atomic mass is 10.3. The third kappa shape index (κ3) is 3.44. The largest absolute Gasteiger partial charge is 0.352 e. The van der Waals surface area contributed by atoms with Gasteiger partial charge in [0.05, 0.1) is 6.20 Å². The van der Waals surface area contributed by atoms with E-state index in [1.54, 1.807) is 23.5 Å². The van der Waals surface area contributed by atoms with Crippen LogP contribution in [-0.2, 0) is 11.3 Å². The summed E-state index contributed by atoms with van der Waals surface area (Å²) in [6.45, 7) is 2.33. The van der Waals surface area contributed by atoms with Gasteiger partial charge in [0.15, 0.2) is 0 Å². The van der Waals surface area contributed by atoms with Crippen LogP contribution in [0.5, 0.6) is 0 Å². The van der Waals surface area contributed by atoms with E-state index in [-0.39, 0.29) is 12.5 Å². The Morgan fingerprint density at radius 1 is 1.17 bits per heavy atom. The number of piperazine rings is 1. The van der Waals surface area contributed by atoms with Crippen molar-refractivity contribution in [3.05, 3.63) is 51.7 Å². The van der Waals surface area contributed by atoms with Crippen molar-refractivity contribution in [1.29, 1.82) is 0 Å². The van der Waals surface area contributed by atoms with Gasteiger partial charge in [0, 0.05) is 50.8 Å². The van der Waals surface area contributed by atoms with Crippen LogP contribution in [-0.4, -0.2) is 56.5 Å². The Morgan fingerprint density at radius 2 is 1.96 bits per heavy atom. The van der Waals surface area contributed by atoms with Crippen LogP contribution in [0.15, 0.2) is 40.4 Å². The van der Waals surface area contributed by atoms with Gasteiger partial charge in [-0.05, 0) is 0 Å². The molecule has 0 unspecified atom stereocenters. The van der Waals surface area contributed by atoms with Crippen molar-refractivity contribution in [1.82, 2.24) is 24.4 Å². The number of nitrogens with one attached hydrogen (secondary N) is 1. The summed E-state index contributed by atoms with van der Waals surface area (Å²) >= 11 is 0. The van der Waals surface area contributed by atoms with Crippen LogP contribution in [0, 0.1) is 0 Å². The number of hydrogen-bond acceptors (Lipinski definition) is 6. The fourth-order valence-corrected chi connectivity index (χ4v) is 2.45. The molecule has 0 bridgehead atoms. The Morgan fingerprint density at radius 3 is 2.61 bits per heavy atom. The first kappa shape index (κ1) is 14.9. The Labute approximate surface area is 131 Å². The zero-order chi connectivity index (χ0) is 16.2. The van der Waals surface area contributed by atoms with Gasteiger partial charge in [0.1, 0.15) is 12.4 Å². The van der Waals surface area contributed by atoms with Crippen molar-refractivity contribution < 1.29 is 4.79 Å². The molecule has 9 heteroatoms. The molecule has 0 radical (unpaired) electrons. The second-order valence-corrected chi connectivity index (χ2v) is 5.17. The molecule has 3 rings (SSSR count). The van der Waals surface area contributed by atoms with E-state index in [4.69, 9.17) is 0 Å². The van der Waals surface area contributed by atoms with E-state index in [2.05, 4.69) is 19.9 Å². The predicted molar refractivity (Wildman–Crippen MR) is 82.1 cm³/mol. The number of carbonyl (C=O) groups excluding carboxylic acids is 1. The molecule has 9 nitrogen and oxygen atoms in total. The second-order valence-electron chi connectivity index (χ2n) is 5.17. The lowest BCUT2D eigenvalue weighted by Gasteiger charge is -2.35. The summed E-state index contributed by atoms with van der Waals surface area (Å²) in [6.07, 6.45) is 6.27. The number of hydrogen-bond donors (Lipinski definition) is 1. The summed E-state index contributed by atoms with van der Waals surface area (Å²) in [4.78, 5) is 49.1. The van der Waals surface area contributed by atoms with Gasteiger partial charge in [-0.3, -0.25) is 24.1 Å². The van der Waals surface area contributed by atoms with Crippen molar-refractivity contribution in [2.45, 2.75) is 6.54 Å². The van der Waals surface area contributed by atoms with Crippen LogP contribution in [0.3, 0.4) is 0 Å². The highest BCUT2D eigenvalue weighted by Gasteiger charge is 2.22. The molecule has 1 N–H and O–H groups in total. The van der Waals surface area contributed by atoms with Crippen LogP contribution in [0.1, 0.15) is 0 Å². The van der Waals surface area contributed by atoms with Crippen LogP contribution >= 0.6 is 0 Å². The van der Waals surface area contributed by atoms with E-state index in [0.717, 1.165) is 5.82 Å². The maximum absolute atomic E-state index is 12.3. The number of rotatable bonds is 3. The summed E-state index contributed by atoms with van der Waals surface area (Å²) in [7, 11) is 0. The Bertz CT molecular complexity index is 792. The zero-order valence-electron chi connectivity index (χ0n) is 12.4. The van der Waals surface area contributed by atoms with Gasteiger partial charge in [0.25, 0.3) is 5.56 Å². The molecule has 0 aliphatic carbocycles. The van der Waals surface area contributed by atoms with Gasteiger partial charge < -0.3 is 9.80 Å². The number of amides is 1. The minimum Gasteiger partial charge on any atom is -0.352 e. The first-order chi connectivity index (χ1) is 11.1. The van der Waals surface area contributed by atoms with E-state index < -0.39 is 11.2 Å². The third-order valence-corrected chi connectivity index (χ3v) is 3.71. The predicted octanol–water partition coefficient (Wildman–Crippen LogP) is -1.32. The minimum absolute atomic E-state index is 0.0826. The van der Waals surface area contributed by atoms with Gasteiger partial charge >= 0.3 is 5.69 Å². The molecule has 0 aromatic carbocycles. The van der Waals surface area contributed by atoms with E-state index in [0.29, 0.717) is 26.2 Å². The van der Waals surface area contributed by atoms with Gasteiger partial charge in [-0.15, -0.1) is 0 Å². The normalized spacial score (nSPS) is 14.8. The molecule has 23 heavy (non-hydrogen) atoms. The first-order valence-corrected chi connectivity index (χ1v) is 7.22. The molecular weight excluding hydrogens is 300 g/mol. The molecule has 0 saturated carbocycles. The zero-order valence-corrected chi connectivity index (χ0v) is 12.4. The highest BCUT2D eigenvalue weighted by molar-refractivity contribution is 5.76. The maximum atomic E-state index is 12.3. The summed E-state index contributed by atoms with van der Waals surface area (Å²) in [5.74, 6) is 0.634. The minimum atomic E-state index is -0.580. The molecule has 2 aromatic rings. The average molecular weight is 316 g/mol. The number of aromatic amines is 1. The molecule has 1 aliphatic rings. The number of nitrogens with zero attached hydrogens (tertiary/aromatic N) is 5. The molecule has 1 fully saturated rings. The lowest BCUT2D eigenvalue weighted by Crippen LogP contribution is -2.50. The number of carbonyl (C=O) groups is 1. The maximum Gasteiger partial charge on any atom is 0.328 e. The van der Waals surface area contributed by atoms with Crippen LogP contribution in [0.25, 0.3) is 0 Å². The number of anilines is 1. The molecular formula is C14H16N6O3. The number of H-pyrrole nitrogens is 1. The summed E-state index contributed by atoms with van der Waals surface area (Å²) < 4.78 is 1.19. The van der Waals surface area contributed by atoms with E-state index in [1.807, 2.05) is 0 Å². The monoisotopic (exact) mass is 316 g/mol. The summed E-state index contributed by atoms with van der Waals surface area (Å²) in [6, 6.07) is 1.22. The third-order valence-electron chi connectivity index (χ3n) is 3.71. The molecule has 0 atom stereocenters. The van der Waals surface area contributed by atoms with Gasteiger partial charge in [-0.1, -0.05) is 0 Å². The van der Waals surface area contributed by atoms with Crippen molar-refractivity contribution in [2.75, 3.05) is 31.1 Å². The SMILES string of the molecule is O=C(Cn1ccc(=O)[nH]c1=O)N1CCN(c2cnccn2)CC1. The van der Waals surface area contributed by atoms with Crippen molar-refractivity contribution in [3.63, 3.8) is 0 Å². The Hall–Kier alpha value is -2.97. The van der Waals surface area contributed by atoms with Crippen LogP contribution in [0.2, 0.25) is 0 Å². The average Bonchev–Trinajstić information content (AvgIpc) is 2.58. The van der Waals surface area contributed by atoms with Gasteiger partial charge in [-0.2, -0.15) is 0 Å². The molecule has 0 spiro atoms. The molecule has 1 saturated heterocycles. The quantitative estimate of drug-likeness (QED) is 0.753. The highest BCUT2D eigenvalue weighted by atomic mass is 16.2. The highest BCUT2D eigenvalue weighted by Crippen LogP contribution is 2.11. The molecule has 1 aliphatic heterocycles. The van der Waals surface area contributed by atoms with Crippen molar-refractivity contribution in [2.24, 2.45) is 0 Å². The molecule has 120 valence electrons. The van der Waals surface area contributed by atoms with Crippen molar-refractivity contribution in [3.8, 4) is 0 Å². The van der Waals surface area contributed by atoms with E-state index in [1.165, 1.54) is 16.8 Å².